The van der Waals surface area contributed by atoms with E-state index in [1.165, 1.54) is 10.7 Å². The number of ketones is 1. The number of benzene rings is 2. The van der Waals surface area contributed by atoms with E-state index in [1.807, 2.05) is 24.3 Å². The first kappa shape index (κ1) is 15.3. The third kappa shape index (κ3) is 2.58. The van der Waals surface area contributed by atoms with Gasteiger partial charge in [0.25, 0.3) is 0 Å². The van der Waals surface area contributed by atoms with Gasteiger partial charge in [0, 0.05) is 0 Å². The van der Waals surface area contributed by atoms with Crippen molar-refractivity contribution in [2.45, 2.75) is 14.8 Å². The maximum absolute atomic E-state index is 12.5. The summed E-state index contributed by atoms with van der Waals surface area (Å²) in [7, 11) is 1.52. The van der Waals surface area contributed by atoms with Crippen molar-refractivity contribution in [3.8, 4) is 11.1 Å². The number of rotatable bonds is 3. The molecule has 0 atom stereocenters. The Morgan fingerprint density at radius 1 is 0.955 bits per heavy atom. The molecule has 0 radical (unpaired) electrons. The van der Waals surface area contributed by atoms with E-state index < -0.39 is 18.4 Å². The first-order valence-electron chi connectivity index (χ1n) is 7.32. The molecular weight excluding hydrogens is 381 g/mol. The zero-order valence-electron chi connectivity index (χ0n) is 13.3. The molecular formula is C18H19NO2Sn. The predicted octanol–water partition coefficient (Wildman–Crippen LogP) is 3.42. The van der Waals surface area contributed by atoms with E-state index in [0.717, 1.165) is 27.8 Å². The van der Waals surface area contributed by atoms with Crippen LogP contribution in [0.3, 0.4) is 0 Å². The van der Waals surface area contributed by atoms with Crippen LogP contribution in [0, 0.1) is 0 Å². The van der Waals surface area contributed by atoms with Crippen LogP contribution < -0.4 is 3.58 Å². The number of nitrogens with zero attached hydrogens (tertiary/aromatic N) is 1. The molecule has 0 fully saturated rings. The van der Waals surface area contributed by atoms with Gasteiger partial charge in [-0.05, 0) is 0 Å². The molecule has 1 aliphatic rings. The Hall–Kier alpha value is -1.62. The van der Waals surface area contributed by atoms with Crippen molar-refractivity contribution in [2.24, 2.45) is 5.16 Å². The second-order valence-corrected chi connectivity index (χ2v) is 21.1. The van der Waals surface area contributed by atoms with E-state index in [2.05, 4.69) is 32.1 Å². The molecule has 3 nitrogen and oxygen atoms in total. The molecule has 0 aromatic heterocycles. The zero-order chi connectivity index (χ0) is 15.9. The quantitative estimate of drug-likeness (QED) is 0.384. The molecule has 0 amide bonds. The average Bonchev–Trinajstić information content (AvgIpc) is 2.77. The Balaban J connectivity index is 2.16. The molecule has 0 heterocycles. The van der Waals surface area contributed by atoms with Crippen LogP contribution in [0.5, 0.6) is 0 Å². The van der Waals surface area contributed by atoms with Crippen molar-refractivity contribution in [2.75, 3.05) is 7.11 Å². The number of hydrogen-bond donors (Lipinski definition) is 0. The molecule has 0 aliphatic heterocycles. The van der Waals surface area contributed by atoms with Gasteiger partial charge in [0.15, 0.2) is 0 Å². The van der Waals surface area contributed by atoms with Gasteiger partial charge in [-0.25, -0.2) is 0 Å². The van der Waals surface area contributed by atoms with Crippen molar-refractivity contribution in [3.05, 3.63) is 53.1 Å². The average molecular weight is 400 g/mol. The molecule has 0 bridgehead atoms. The van der Waals surface area contributed by atoms with Gasteiger partial charge >= 0.3 is 135 Å². The van der Waals surface area contributed by atoms with E-state index in [-0.39, 0.29) is 5.78 Å². The monoisotopic (exact) mass is 401 g/mol. The molecule has 4 heteroatoms. The molecule has 2 aromatic rings. The summed E-state index contributed by atoms with van der Waals surface area (Å²) in [6.45, 7) is 0. The SMILES string of the molecule is CON=Cc1ccc2c(c1)-c1c[c]([Sn]([CH3])([CH3])[CH3])ccc1C2=O. The van der Waals surface area contributed by atoms with Crippen LogP contribution in [-0.4, -0.2) is 37.5 Å². The summed E-state index contributed by atoms with van der Waals surface area (Å²) in [6, 6.07) is 12.2. The van der Waals surface area contributed by atoms with Gasteiger partial charge in [-0.2, -0.15) is 0 Å². The van der Waals surface area contributed by atoms with E-state index in [1.54, 1.807) is 6.21 Å². The van der Waals surface area contributed by atoms with Gasteiger partial charge in [-0.3, -0.25) is 0 Å². The first-order chi connectivity index (χ1) is 10.4. The standard InChI is InChI=1S/C15H10NO2.3CH3.Sn/c1-18-16-9-10-6-7-13-14(8-10)11-4-2-3-5-12(11)15(13)17;;;;/h3-9H,1H3;3*1H3;. The summed E-state index contributed by atoms with van der Waals surface area (Å²) in [5.74, 6) is 0.121. The number of carbonyl (C=O) groups is 1. The summed E-state index contributed by atoms with van der Waals surface area (Å²) in [4.78, 5) is 24.4. The van der Waals surface area contributed by atoms with Crippen LogP contribution in [0.4, 0.5) is 0 Å². The van der Waals surface area contributed by atoms with Gasteiger partial charge in [-0.1, -0.05) is 0 Å². The molecule has 0 saturated heterocycles. The van der Waals surface area contributed by atoms with Crippen LogP contribution in [0.25, 0.3) is 11.1 Å². The van der Waals surface area contributed by atoms with Crippen molar-refractivity contribution >= 4 is 34.0 Å². The van der Waals surface area contributed by atoms with Crippen LogP contribution in [0.2, 0.25) is 14.8 Å². The molecule has 0 N–H and O–H groups in total. The second-order valence-electron chi connectivity index (χ2n) is 6.56. The third-order valence-electron chi connectivity index (χ3n) is 4.02. The molecule has 0 spiro atoms. The minimum atomic E-state index is -2.16. The van der Waals surface area contributed by atoms with Gasteiger partial charge in [0.1, 0.15) is 0 Å². The summed E-state index contributed by atoms with van der Waals surface area (Å²) < 4.78 is 1.43. The van der Waals surface area contributed by atoms with E-state index >= 15 is 0 Å². The van der Waals surface area contributed by atoms with E-state index in [4.69, 9.17) is 4.84 Å². The van der Waals surface area contributed by atoms with Crippen molar-refractivity contribution < 1.29 is 9.63 Å². The molecule has 3 rings (SSSR count). The molecule has 112 valence electrons. The Morgan fingerprint density at radius 2 is 1.59 bits per heavy atom. The van der Waals surface area contributed by atoms with Gasteiger partial charge in [0.05, 0.1) is 0 Å². The van der Waals surface area contributed by atoms with Crippen LogP contribution in [0.1, 0.15) is 21.5 Å². The summed E-state index contributed by atoms with van der Waals surface area (Å²) in [6.07, 6.45) is 1.66. The molecule has 0 saturated carbocycles. The number of carbonyl (C=O) groups excluding carboxylic acids is 1. The minimum absolute atomic E-state index is 0.121. The van der Waals surface area contributed by atoms with Gasteiger partial charge < -0.3 is 0 Å². The molecule has 1 aliphatic carbocycles. The predicted molar refractivity (Wildman–Crippen MR) is 92.9 cm³/mol. The van der Waals surface area contributed by atoms with E-state index in [9.17, 15) is 4.79 Å². The summed E-state index contributed by atoms with van der Waals surface area (Å²) in [5, 5.41) is 3.80. The maximum atomic E-state index is 12.5. The number of fused-ring (bicyclic) bond motifs is 3. The van der Waals surface area contributed by atoms with Crippen molar-refractivity contribution in [1.82, 2.24) is 0 Å². The second kappa shape index (κ2) is 5.54. The summed E-state index contributed by atoms with van der Waals surface area (Å²) in [5.41, 5.74) is 4.61. The van der Waals surface area contributed by atoms with Crippen molar-refractivity contribution in [1.29, 1.82) is 0 Å². The molecule has 2 aromatic carbocycles. The fraction of sp³-hybridized carbons (Fsp3) is 0.222. The van der Waals surface area contributed by atoms with E-state index in [0.29, 0.717) is 0 Å². The Labute approximate surface area is 134 Å². The number of hydrogen-bond acceptors (Lipinski definition) is 3. The fourth-order valence-corrected chi connectivity index (χ4v) is 6.07. The summed E-state index contributed by atoms with van der Waals surface area (Å²) >= 11 is -2.16. The normalized spacial score (nSPS) is 13.4. The van der Waals surface area contributed by atoms with Crippen molar-refractivity contribution in [3.63, 3.8) is 0 Å². The van der Waals surface area contributed by atoms with Crippen LogP contribution >= 0.6 is 0 Å². The Kier molecular flexibility index (Phi) is 3.85. The Bertz CT molecular complexity index is 788. The topological polar surface area (TPSA) is 38.7 Å². The fourth-order valence-electron chi connectivity index (χ4n) is 2.75. The number of oxime groups is 1. The Morgan fingerprint density at radius 3 is 2.23 bits per heavy atom. The first-order valence-corrected chi connectivity index (χ1v) is 17.3. The zero-order valence-corrected chi connectivity index (χ0v) is 16.2. The van der Waals surface area contributed by atoms with Crippen LogP contribution in [0.15, 0.2) is 41.6 Å². The molecule has 22 heavy (non-hydrogen) atoms. The molecule has 0 unspecified atom stereocenters. The van der Waals surface area contributed by atoms with Gasteiger partial charge in [-0.15, -0.1) is 0 Å². The van der Waals surface area contributed by atoms with Gasteiger partial charge in [0.2, 0.25) is 0 Å². The van der Waals surface area contributed by atoms with Crippen LogP contribution in [-0.2, 0) is 4.84 Å². The third-order valence-corrected chi connectivity index (χ3v) is 9.85.